The van der Waals surface area contributed by atoms with Gasteiger partial charge in [-0.25, -0.2) is 0 Å². The van der Waals surface area contributed by atoms with Gasteiger partial charge in [-0.2, -0.15) is 0 Å². The zero-order valence-electron chi connectivity index (χ0n) is 8.43. The molecule has 0 aromatic heterocycles. The average Bonchev–Trinajstić information content (AvgIpc) is 2.03. The van der Waals surface area contributed by atoms with E-state index in [1.54, 1.807) is 0 Å². The van der Waals surface area contributed by atoms with Gasteiger partial charge in [0.05, 0.1) is 13.2 Å². The van der Waals surface area contributed by atoms with E-state index in [1.165, 1.54) is 12.8 Å². The van der Waals surface area contributed by atoms with Crippen molar-refractivity contribution in [1.82, 2.24) is 0 Å². The topological polar surface area (TPSA) is 18.5 Å². The van der Waals surface area contributed by atoms with Crippen LogP contribution in [0.1, 0.15) is 40.0 Å². The number of ether oxygens (including phenoxy) is 2. The molecule has 1 fully saturated rings. The second kappa shape index (κ2) is 4.24. The van der Waals surface area contributed by atoms with Crippen LogP contribution in [-0.2, 0) is 9.47 Å². The highest BCUT2D eigenvalue weighted by Gasteiger charge is 2.27. The summed E-state index contributed by atoms with van der Waals surface area (Å²) >= 11 is 0. The van der Waals surface area contributed by atoms with Crippen molar-refractivity contribution in [3.05, 3.63) is 0 Å². The molecule has 1 rings (SSSR count). The lowest BCUT2D eigenvalue weighted by Crippen LogP contribution is -2.37. The Morgan fingerprint density at radius 3 is 2.33 bits per heavy atom. The first-order chi connectivity index (χ1) is 5.64. The fourth-order valence-electron chi connectivity index (χ4n) is 1.26. The van der Waals surface area contributed by atoms with Crippen molar-refractivity contribution in [3.63, 3.8) is 0 Å². The van der Waals surface area contributed by atoms with Crippen LogP contribution in [-0.4, -0.2) is 19.5 Å². The molecule has 2 nitrogen and oxygen atoms in total. The molecule has 0 saturated carbocycles. The molecule has 72 valence electrons. The molecule has 1 saturated heterocycles. The molecule has 1 heterocycles. The van der Waals surface area contributed by atoms with Gasteiger partial charge in [0, 0.05) is 5.41 Å². The molecule has 1 aliphatic heterocycles. The molecule has 0 aromatic rings. The van der Waals surface area contributed by atoms with E-state index < -0.39 is 0 Å². The second-order valence-corrected chi connectivity index (χ2v) is 4.36. The van der Waals surface area contributed by atoms with Crippen LogP contribution in [0, 0.1) is 5.41 Å². The second-order valence-electron chi connectivity index (χ2n) is 4.36. The summed E-state index contributed by atoms with van der Waals surface area (Å²) in [7, 11) is 0. The van der Waals surface area contributed by atoms with E-state index in [0.717, 1.165) is 19.6 Å². The van der Waals surface area contributed by atoms with E-state index in [9.17, 15) is 0 Å². The minimum Gasteiger partial charge on any atom is -0.352 e. The molecule has 0 aliphatic carbocycles. The Morgan fingerprint density at radius 2 is 1.83 bits per heavy atom. The number of rotatable bonds is 3. The first kappa shape index (κ1) is 10.0. The van der Waals surface area contributed by atoms with Crippen LogP contribution >= 0.6 is 0 Å². The number of unbranched alkanes of at least 4 members (excludes halogenated alkanes) is 1. The first-order valence-electron chi connectivity index (χ1n) is 4.87. The molecular weight excluding hydrogens is 152 g/mol. The van der Waals surface area contributed by atoms with E-state index in [2.05, 4.69) is 20.8 Å². The fourth-order valence-corrected chi connectivity index (χ4v) is 1.26. The first-order valence-corrected chi connectivity index (χ1v) is 4.87. The lowest BCUT2D eigenvalue weighted by molar-refractivity contribution is -0.224. The highest BCUT2D eigenvalue weighted by molar-refractivity contribution is 4.71. The summed E-state index contributed by atoms with van der Waals surface area (Å²) in [5.41, 5.74) is 0.211. The molecule has 0 unspecified atom stereocenters. The van der Waals surface area contributed by atoms with Crippen molar-refractivity contribution in [3.8, 4) is 0 Å². The van der Waals surface area contributed by atoms with Crippen LogP contribution in [0.4, 0.5) is 0 Å². The summed E-state index contributed by atoms with van der Waals surface area (Å²) in [6.45, 7) is 8.20. The van der Waals surface area contributed by atoms with E-state index in [4.69, 9.17) is 9.47 Å². The minimum atomic E-state index is 0.0676. The largest absolute Gasteiger partial charge is 0.352 e. The summed E-state index contributed by atoms with van der Waals surface area (Å²) < 4.78 is 11.1. The number of hydrogen-bond acceptors (Lipinski definition) is 2. The standard InChI is InChI=1S/C10H20O2/c1-4-5-6-9-11-7-10(2,3)8-12-9/h9H,4-8H2,1-3H3. The van der Waals surface area contributed by atoms with E-state index in [-0.39, 0.29) is 11.7 Å². The highest BCUT2D eigenvalue weighted by Crippen LogP contribution is 2.24. The van der Waals surface area contributed by atoms with Crippen molar-refractivity contribution >= 4 is 0 Å². The SMILES string of the molecule is CCCCC1OCC(C)(C)CO1. The van der Waals surface area contributed by atoms with Crippen molar-refractivity contribution in [2.24, 2.45) is 5.41 Å². The Labute approximate surface area is 75.2 Å². The van der Waals surface area contributed by atoms with Gasteiger partial charge in [-0.15, -0.1) is 0 Å². The van der Waals surface area contributed by atoms with Crippen LogP contribution in [0.5, 0.6) is 0 Å². The molecule has 0 spiro atoms. The zero-order chi connectivity index (χ0) is 9.03. The molecule has 12 heavy (non-hydrogen) atoms. The maximum absolute atomic E-state index is 5.57. The summed E-state index contributed by atoms with van der Waals surface area (Å²) in [5.74, 6) is 0. The fraction of sp³-hybridized carbons (Fsp3) is 1.00. The van der Waals surface area contributed by atoms with Crippen LogP contribution in [0.3, 0.4) is 0 Å². The lowest BCUT2D eigenvalue weighted by atomic mass is 9.95. The highest BCUT2D eigenvalue weighted by atomic mass is 16.7. The third kappa shape index (κ3) is 3.11. The van der Waals surface area contributed by atoms with Crippen LogP contribution in [0.25, 0.3) is 0 Å². The number of hydrogen-bond donors (Lipinski definition) is 0. The normalized spacial score (nSPS) is 24.2. The van der Waals surface area contributed by atoms with Crippen LogP contribution < -0.4 is 0 Å². The Morgan fingerprint density at radius 1 is 1.25 bits per heavy atom. The van der Waals surface area contributed by atoms with Gasteiger partial charge in [0.1, 0.15) is 0 Å². The maximum Gasteiger partial charge on any atom is 0.157 e. The van der Waals surface area contributed by atoms with Crippen LogP contribution in [0.15, 0.2) is 0 Å². The molecule has 2 heteroatoms. The summed E-state index contributed by atoms with van der Waals surface area (Å²) in [4.78, 5) is 0. The Kier molecular flexibility index (Phi) is 3.53. The minimum absolute atomic E-state index is 0.0676. The van der Waals surface area contributed by atoms with Gasteiger partial charge in [0.15, 0.2) is 6.29 Å². The van der Waals surface area contributed by atoms with Gasteiger partial charge in [-0.1, -0.05) is 27.2 Å². The van der Waals surface area contributed by atoms with Crippen molar-refractivity contribution in [2.45, 2.75) is 46.3 Å². The maximum atomic E-state index is 5.57. The lowest BCUT2D eigenvalue weighted by Gasteiger charge is -2.34. The Bertz CT molecular complexity index is 122. The predicted molar refractivity (Wildman–Crippen MR) is 49.0 cm³/mol. The molecule has 0 N–H and O–H groups in total. The van der Waals surface area contributed by atoms with E-state index in [0.29, 0.717) is 0 Å². The van der Waals surface area contributed by atoms with Crippen molar-refractivity contribution in [2.75, 3.05) is 13.2 Å². The van der Waals surface area contributed by atoms with Gasteiger partial charge in [0.2, 0.25) is 0 Å². The molecule has 0 atom stereocenters. The molecule has 0 bridgehead atoms. The van der Waals surface area contributed by atoms with Gasteiger partial charge < -0.3 is 9.47 Å². The van der Waals surface area contributed by atoms with E-state index in [1.807, 2.05) is 0 Å². The third-order valence-corrected chi connectivity index (χ3v) is 2.11. The third-order valence-electron chi connectivity index (χ3n) is 2.11. The Hall–Kier alpha value is -0.0800. The average molecular weight is 172 g/mol. The predicted octanol–water partition coefficient (Wildman–Crippen LogP) is 2.58. The molecular formula is C10H20O2. The summed E-state index contributed by atoms with van der Waals surface area (Å²) in [6, 6.07) is 0. The van der Waals surface area contributed by atoms with Crippen LogP contribution in [0.2, 0.25) is 0 Å². The summed E-state index contributed by atoms with van der Waals surface area (Å²) in [5, 5.41) is 0. The molecule has 1 aliphatic rings. The van der Waals surface area contributed by atoms with Crippen molar-refractivity contribution in [1.29, 1.82) is 0 Å². The smallest absolute Gasteiger partial charge is 0.157 e. The van der Waals surface area contributed by atoms with Gasteiger partial charge in [-0.05, 0) is 12.8 Å². The molecule has 0 amide bonds. The van der Waals surface area contributed by atoms with Crippen molar-refractivity contribution < 1.29 is 9.47 Å². The Balaban J connectivity index is 2.18. The summed E-state index contributed by atoms with van der Waals surface area (Å²) in [6.07, 6.45) is 3.53. The van der Waals surface area contributed by atoms with Gasteiger partial charge >= 0.3 is 0 Å². The molecule has 0 radical (unpaired) electrons. The monoisotopic (exact) mass is 172 g/mol. The van der Waals surface area contributed by atoms with Gasteiger partial charge in [-0.3, -0.25) is 0 Å². The molecule has 0 aromatic carbocycles. The zero-order valence-corrected chi connectivity index (χ0v) is 8.43. The van der Waals surface area contributed by atoms with E-state index >= 15 is 0 Å². The van der Waals surface area contributed by atoms with Gasteiger partial charge in [0.25, 0.3) is 0 Å². The quantitative estimate of drug-likeness (QED) is 0.651.